The first kappa shape index (κ1) is 11.0. The fourth-order valence-electron chi connectivity index (χ4n) is 2.01. The third-order valence-electron chi connectivity index (χ3n) is 2.88. The maximum Gasteiger partial charge on any atom is 0.274 e. The number of carbonyl (C=O) groups is 1. The third kappa shape index (κ3) is 2.19. The van der Waals surface area contributed by atoms with Crippen molar-refractivity contribution in [3.05, 3.63) is 24.3 Å². The van der Waals surface area contributed by atoms with Crippen molar-refractivity contribution < 1.29 is 9.90 Å². The average molecular weight is 221 g/mol. The minimum atomic E-state index is -0.133. The number of nitrogens with zero attached hydrogens (tertiary/aromatic N) is 3. The van der Waals surface area contributed by atoms with E-state index in [0.29, 0.717) is 12.2 Å². The summed E-state index contributed by atoms with van der Waals surface area (Å²) < 4.78 is 0. The topological polar surface area (TPSA) is 66.3 Å². The summed E-state index contributed by atoms with van der Waals surface area (Å²) in [6.45, 7) is 0.715. The lowest BCUT2D eigenvalue weighted by molar-refractivity contribution is 0.0497. The number of rotatable bonds is 2. The lowest BCUT2D eigenvalue weighted by Crippen LogP contribution is -2.45. The van der Waals surface area contributed by atoms with Crippen LogP contribution in [0.5, 0.6) is 0 Å². The van der Waals surface area contributed by atoms with Crippen molar-refractivity contribution in [3.63, 3.8) is 0 Å². The molecule has 5 heteroatoms. The van der Waals surface area contributed by atoms with Gasteiger partial charge in [-0.3, -0.25) is 9.78 Å². The van der Waals surface area contributed by atoms with E-state index in [-0.39, 0.29) is 18.6 Å². The van der Waals surface area contributed by atoms with Gasteiger partial charge in [0, 0.05) is 18.9 Å². The van der Waals surface area contributed by atoms with Crippen LogP contribution in [0.25, 0.3) is 0 Å². The Hall–Kier alpha value is -1.49. The van der Waals surface area contributed by atoms with Crippen molar-refractivity contribution in [1.29, 1.82) is 0 Å². The number of aliphatic hydroxyl groups excluding tert-OH is 1. The van der Waals surface area contributed by atoms with Crippen LogP contribution >= 0.6 is 0 Å². The van der Waals surface area contributed by atoms with Gasteiger partial charge in [-0.2, -0.15) is 0 Å². The van der Waals surface area contributed by atoms with Crippen molar-refractivity contribution in [2.24, 2.45) is 0 Å². The second-order valence-electron chi connectivity index (χ2n) is 3.92. The van der Waals surface area contributed by atoms with E-state index in [4.69, 9.17) is 0 Å². The van der Waals surface area contributed by atoms with Crippen molar-refractivity contribution in [1.82, 2.24) is 14.9 Å². The number of piperidine rings is 1. The fourth-order valence-corrected chi connectivity index (χ4v) is 2.01. The highest BCUT2D eigenvalue weighted by molar-refractivity contribution is 5.92. The zero-order chi connectivity index (χ0) is 11.4. The molecule has 0 saturated carbocycles. The highest BCUT2D eigenvalue weighted by atomic mass is 16.3. The van der Waals surface area contributed by atoms with Crippen molar-refractivity contribution in [2.75, 3.05) is 13.2 Å². The summed E-state index contributed by atoms with van der Waals surface area (Å²) in [7, 11) is 0. The number of aromatic nitrogens is 2. The van der Waals surface area contributed by atoms with Gasteiger partial charge in [0.25, 0.3) is 5.91 Å². The summed E-state index contributed by atoms with van der Waals surface area (Å²) in [6.07, 6.45) is 7.42. The number of hydrogen-bond donors (Lipinski definition) is 1. The normalized spacial score (nSPS) is 20.8. The third-order valence-corrected chi connectivity index (χ3v) is 2.88. The quantitative estimate of drug-likeness (QED) is 0.788. The minimum absolute atomic E-state index is 0.0198. The standard InChI is InChI=1S/C11H15N3O2/c15-8-9-3-1-2-6-14(9)11(16)10-7-12-4-5-13-10/h4-5,7,9,15H,1-3,6,8H2/t9-/m0/s1. The Morgan fingerprint density at radius 2 is 2.38 bits per heavy atom. The highest BCUT2D eigenvalue weighted by Gasteiger charge is 2.27. The predicted octanol–water partition coefficient (Wildman–Crippen LogP) is 0.464. The van der Waals surface area contributed by atoms with E-state index in [1.807, 2.05) is 0 Å². The number of likely N-dealkylation sites (tertiary alicyclic amines) is 1. The molecule has 1 aromatic heterocycles. The molecule has 1 N–H and O–H groups in total. The largest absolute Gasteiger partial charge is 0.394 e. The Bertz CT molecular complexity index is 356. The molecule has 2 heterocycles. The zero-order valence-corrected chi connectivity index (χ0v) is 9.04. The van der Waals surface area contributed by atoms with Crippen LogP contribution in [-0.2, 0) is 0 Å². The molecule has 1 atom stereocenters. The summed E-state index contributed by atoms with van der Waals surface area (Å²) in [6, 6.07) is -0.0664. The number of amides is 1. The highest BCUT2D eigenvalue weighted by Crippen LogP contribution is 2.18. The molecular formula is C11H15N3O2. The van der Waals surface area contributed by atoms with E-state index in [1.165, 1.54) is 18.6 Å². The Labute approximate surface area is 94.1 Å². The summed E-state index contributed by atoms with van der Waals surface area (Å²) in [5.41, 5.74) is 0.350. The van der Waals surface area contributed by atoms with Crippen molar-refractivity contribution in [3.8, 4) is 0 Å². The second kappa shape index (κ2) is 5.03. The molecule has 5 nitrogen and oxygen atoms in total. The van der Waals surface area contributed by atoms with E-state index in [0.717, 1.165) is 19.3 Å². The van der Waals surface area contributed by atoms with Gasteiger partial charge >= 0.3 is 0 Å². The van der Waals surface area contributed by atoms with E-state index in [9.17, 15) is 9.90 Å². The summed E-state index contributed by atoms with van der Waals surface area (Å²) in [5.74, 6) is -0.133. The van der Waals surface area contributed by atoms with Gasteiger partial charge in [0.1, 0.15) is 5.69 Å². The van der Waals surface area contributed by atoms with Crippen LogP contribution in [0.15, 0.2) is 18.6 Å². The first-order chi connectivity index (χ1) is 7.83. The molecule has 2 rings (SSSR count). The molecule has 0 unspecified atom stereocenters. The monoisotopic (exact) mass is 221 g/mol. The van der Waals surface area contributed by atoms with Gasteiger partial charge in [-0.1, -0.05) is 0 Å². The fraction of sp³-hybridized carbons (Fsp3) is 0.545. The van der Waals surface area contributed by atoms with E-state index >= 15 is 0 Å². The molecule has 86 valence electrons. The molecular weight excluding hydrogens is 206 g/mol. The zero-order valence-electron chi connectivity index (χ0n) is 9.04. The number of hydrogen-bond acceptors (Lipinski definition) is 4. The molecule has 1 aliphatic heterocycles. The second-order valence-corrected chi connectivity index (χ2v) is 3.92. The van der Waals surface area contributed by atoms with E-state index < -0.39 is 0 Å². The van der Waals surface area contributed by atoms with Crippen LogP contribution in [0.3, 0.4) is 0 Å². The molecule has 1 aromatic rings. The van der Waals surface area contributed by atoms with Crippen molar-refractivity contribution in [2.45, 2.75) is 25.3 Å². The molecule has 0 aromatic carbocycles. The summed E-state index contributed by atoms with van der Waals surface area (Å²) >= 11 is 0. The molecule has 0 bridgehead atoms. The Morgan fingerprint density at radius 1 is 1.50 bits per heavy atom. The summed E-state index contributed by atoms with van der Waals surface area (Å²) in [5, 5.41) is 9.23. The maximum absolute atomic E-state index is 12.1. The molecule has 0 aliphatic carbocycles. The molecule has 0 spiro atoms. The van der Waals surface area contributed by atoms with Gasteiger partial charge in [0.05, 0.1) is 18.8 Å². The van der Waals surface area contributed by atoms with Gasteiger partial charge in [0.15, 0.2) is 0 Å². The van der Waals surface area contributed by atoms with Crippen LogP contribution in [0, 0.1) is 0 Å². The summed E-state index contributed by atoms with van der Waals surface area (Å²) in [4.78, 5) is 21.6. The minimum Gasteiger partial charge on any atom is -0.394 e. The predicted molar refractivity (Wildman–Crippen MR) is 57.8 cm³/mol. The van der Waals surface area contributed by atoms with E-state index in [1.54, 1.807) is 4.90 Å². The van der Waals surface area contributed by atoms with Gasteiger partial charge in [-0.15, -0.1) is 0 Å². The van der Waals surface area contributed by atoms with Crippen LogP contribution in [0.2, 0.25) is 0 Å². The van der Waals surface area contributed by atoms with Gasteiger partial charge in [-0.25, -0.2) is 4.98 Å². The lowest BCUT2D eigenvalue weighted by Gasteiger charge is -2.34. The van der Waals surface area contributed by atoms with Gasteiger partial charge in [-0.05, 0) is 19.3 Å². The average Bonchev–Trinajstić information content (AvgIpc) is 2.39. The molecule has 1 saturated heterocycles. The lowest BCUT2D eigenvalue weighted by atomic mass is 10.0. The number of carbonyl (C=O) groups excluding carboxylic acids is 1. The molecule has 16 heavy (non-hydrogen) atoms. The van der Waals surface area contributed by atoms with Crippen LogP contribution < -0.4 is 0 Å². The van der Waals surface area contributed by atoms with Gasteiger partial charge in [0.2, 0.25) is 0 Å². The molecule has 1 aliphatic rings. The van der Waals surface area contributed by atoms with E-state index in [2.05, 4.69) is 9.97 Å². The van der Waals surface area contributed by atoms with Crippen molar-refractivity contribution >= 4 is 5.91 Å². The Balaban J connectivity index is 2.14. The Kier molecular flexibility index (Phi) is 3.46. The van der Waals surface area contributed by atoms with Gasteiger partial charge < -0.3 is 10.0 Å². The SMILES string of the molecule is O=C(c1cnccn1)N1CCCC[C@H]1CO. The van der Waals surface area contributed by atoms with Crippen LogP contribution in [-0.4, -0.2) is 45.1 Å². The maximum atomic E-state index is 12.1. The molecule has 1 fully saturated rings. The molecule has 1 amide bonds. The first-order valence-corrected chi connectivity index (χ1v) is 5.51. The number of aliphatic hydroxyl groups is 1. The molecule has 0 radical (unpaired) electrons. The Morgan fingerprint density at radius 3 is 3.06 bits per heavy atom. The van der Waals surface area contributed by atoms with Crippen LogP contribution in [0.1, 0.15) is 29.8 Å². The van der Waals surface area contributed by atoms with Crippen LogP contribution in [0.4, 0.5) is 0 Å². The smallest absolute Gasteiger partial charge is 0.274 e. The first-order valence-electron chi connectivity index (χ1n) is 5.51.